The van der Waals surface area contributed by atoms with E-state index in [1.165, 1.54) is 16.7 Å². The van der Waals surface area contributed by atoms with Gasteiger partial charge in [-0.05, 0) is 80.8 Å². The smallest absolute Gasteiger partial charge is 0.270 e. The van der Waals surface area contributed by atoms with Gasteiger partial charge in [0.15, 0.2) is 4.32 Å². The van der Waals surface area contributed by atoms with Crippen molar-refractivity contribution in [3.05, 3.63) is 60.8 Å². The van der Waals surface area contributed by atoms with Crippen molar-refractivity contribution >= 4 is 89.4 Å². The number of carbonyl (C=O) groups excluding carboxylic acids is 1. The summed E-state index contributed by atoms with van der Waals surface area (Å²) < 4.78 is 7.59. The third-order valence-corrected chi connectivity index (χ3v) is 6.66. The van der Waals surface area contributed by atoms with E-state index < -0.39 is 0 Å². The number of hydrogen-bond donors (Lipinski definition) is 0. The summed E-state index contributed by atoms with van der Waals surface area (Å²) in [5.41, 5.74) is 1.53. The molecule has 0 aliphatic carbocycles. The fourth-order valence-corrected chi connectivity index (χ4v) is 4.58. The molecule has 3 nitrogen and oxygen atoms in total. The molecule has 2 aromatic carbocycles. The van der Waals surface area contributed by atoms with Crippen molar-refractivity contribution in [3.8, 4) is 5.75 Å². The fraction of sp³-hybridized carbons (Fsp3) is 0.111. The molecule has 8 heteroatoms. The number of amides is 1. The van der Waals surface area contributed by atoms with Gasteiger partial charge < -0.3 is 4.74 Å². The number of anilines is 1. The molecular weight excluding hydrogens is 522 g/mol. The average Bonchev–Trinajstić information content (AvgIpc) is 2.87. The highest BCUT2D eigenvalue weighted by Crippen LogP contribution is 2.38. The second kappa shape index (κ2) is 8.44. The summed E-state index contributed by atoms with van der Waals surface area (Å²) in [4.78, 5) is 14.9. The number of nitrogens with zero attached hydrogens (tertiary/aromatic N) is 1. The zero-order valence-corrected chi connectivity index (χ0v) is 19.0. The van der Waals surface area contributed by atoms with E-state index in [0.717, 1.165) is 20.3 Å². The predicted molar refractivity (Wildman–Crippen MR) is 120 cm³/mol. The third kappa shape index (κ3) is 4.17. The minimum Gasteiger partial charge on any atom is -0.493 e. The first-order valence-corrected chi connectivity index (χ1v) is 10.7. The number of carbonyl (C=O) groups is 1. The van der Waals surface area contributed by atoms with Gasteiger partial charge >= 0.3 is 0 Å². The van der Waals surface area contributed by atoms with Crippen molar-refractivity contribution in [1.82, 2.24) is 0 Å². The number of ether oxygens (including phenoxy) is 1. The molecule has 134 valence electrons. The molecule has 3 rings (SSSR count). The molecule has 0 aromatic heterocycles. The summed E-state index contributed by atoms with van der Waals surface area (Å²) in [6.07, 6.45) is 1.82. The van der Waals surface area contributed by atoms with E-state index >= 15 is 0 Å². The zero-order valence-electron chi connectivity index (χ0n) is 13.5. The lowest BCUT2D eigenvalue weighted by Gasteiger charge is -2.15. The summed E-state index contributed by atoms with van der Waals surface area (Å²) in [7, 11) is 0. The highest BCUT2D eigenvalue weighted by molar-refractivity contribution is 9.10. The number of hydrogen-bond acceptors (Lipinski definition) is 4. The average molecular weight is 534 g/mol. The molecule has 0 spiro atoms. The monoisotopic (exact) mass is 531 g/mol. The van der Waals surface area contributed by atoms with Gasteiger partial charge in [-0.1, -0.05) is 41.6 Å². The summed E-state index contributed by atoms with van der Waals surface area (Å²) in [5, 5.41) is 0.524. The first kappa shape index (κ1) is 19.9. The third-order valence-electron chi connectivity index (χ3n) is 3.51. The van der Waals surface area contributed by atoms with Gasteiger partial charge in [0.25, 0.3) is 5.91 Å². The van der Waals surface area contributed by atoms with Crippen LogP contribution in [0, 0.1) is 0 Å². The molecular formula is C18H12Br2ClNO2S2. The first-order chi connectivity index (χ1) is 12.4. The second-order valence-electron chi connectivity index (χ2n) is 5.24. The van der Waals surface area contributed by atoms with E-state index in [1.54, 1.807) is 18.2 Å². The molecule has 0 saturated carbocycles. The van der Waals surface area contributed by atoms with Crippen LogP contribution in [0.3, 0.4) is 0 Å². The van der Waals surface area contributed by atoms with E-state index in [9.17, 15) is 4.79 Å². The lowest BCUT2D eigenvalue weighted by molar-refractivity contribution is -0.113. The highest BCUT2D eigenvalue weighted by atomic mass is 79.9. The minimum absolute atomic E-state index is 0.164. The van der Waals surface area contributed by atoms with Crippen LogP contribution in [0.25, 0.3) is 6.08 Å². The van der Waals surface area contributed by atoms with Gasteiger partial charge in [-0.3, -0.25) is 9.69 Å². The van der Waals surface area contributed by atoms with Crippen molar-refractivity contribution in [3.63, 3.8) is 0 Å². The molecule has 0 bridgehead atoms. The standard InChI is InChI=1S/C18H12Br2ClNO2S2/c1-2-24-15-6-3-10(7-13(15)20)8-16-17(23)22(18(25)26-16)11-4-5-12(19)14(21)9-11/h3-9H,2H2,1H3/b16-8-. The topological polar surface area (TPSA) is 29.5 Å². The van der Waals surface area contributed by atoms with Crippen LogP contribution in [0.1, 0.15) is 12.5 Å². The predicted octanol–water partition coefficient (Wildman–Crippen LogP) is 6.67. The van der Waals surface area contributed by atoms with Crippen LogP contribution in [0.5, 0.6) is 5.75 Å². The number of benzene rings is 2. The van der Waals surface area contributed by atoms with Crippen molar-refractivity contribution in [2.75, 3.05) is 11.5 Å². The van der Waals surface area contributed by atoms with Gasteiger partial charge in [-0.25, -0.2) is 0 Å². The number of thiocarbonyl (C=S) groups is 1. The Balaban J connectivity index is 1.89. The van der Waals surface area contributed by atoms with E-state index in [-0.39, 0.29) is 5.91 Å². The Hall–Kier alpha value is -0.860. The molecule has 1 saturated heterocycles. The Bertz CT molecular complexity index is 933. The van der Waals surface area contributed by atoms with Gasteiger partial charge in [-0.2, -0.15) is 0 Å². The zero-order chi connectivity index (χ0) is 18.8. The molecule has 0 N–H and O–H groups in total. The van der Waals surface area contributed by atoms with E-state index in [4.69, 9.17) is 28.6 Å². The maximum Gasteiger partial charge on any atom is 0.270 e. The summed E-state index contributed by atoms with van der Waals surface area (Å²) in [6.45, 7) is 2.52. The highest BCUT2D eigenvalue weighted by Gasteiger charge is 2.33. The largest absolute Gasteiger partial charge is 0.493 e. The Morgan fingerprint density at radius 2 is 2.00 bits per heavy atom. The van der Waals surface area contributed by atoms with Crippen LogP contribution in [0.2, 0.25) is 5.02 Å². The summed E-state index contributed by atoms with van der Waals surface area (Å²) in [6, 6.07) is 11.0. The Morgan fingerprint density at radius 1 is 1.23 bits per heavy atom. The second-order valence-corrected chi connectivity index (χ2v) is 9.03. The maximum atomic E-state index is 12.8. The first-order valence-electron chi connectivity index (χ1n) is 7.56. The number of rotatable bonds is 4. The van der Waals surface area contributed by atoms with Gasteiger partial charge in [0.05, 0.1) is 26.7 Å². The number of halogens is 3. The van der Waals surface area contributed by atoms with Gasteiger partial charge in [0.2, 0.25) is 0 Å². The minimum atomic E-state index is -0.164. The molecule has 0 atom stereocenters. The molecule has 26 heavy (non-hydrogen) atoms. The Morgan fingerprint density at radius 3 is 2.65 bits per heavy atom. The SMILES string of the molecule is CCOc1ccc(/C=C2\SC(=S)N(c3ccc(Br)c(Cl)c3)C2=O)cc1Br. The molecule has 0 unspecified atom stereocenters. The normalized spacial score (nSPS) is 15.8. The molecule has 1 heterocycles. The number of thioether (sulfide) groups is 1. The summed E-state index contributed by atoms with van der Waals surface area (Å²) in [5.74, 6) is 0.602. The molecule has 1 amide bonds. The van der Waals surface area contributed by atoms with Crippen LogP contribution in [0.15, 0.2) is 50.2 Å². The van der Waals surface area contributed by atoms with Gasteiger partial charge in [0.1, 0.15) is 5.75 Å². The van der Waals surface area contributed by atoms with Crippen molar-refractivity contribution in [2.45, 2.75) is 6.92 Å². The lowest BCUT2D eigenvalue weighted by Crippen LogP contribution is -2.27. The van der Waals surface area contributed by atoms with Crippen LogP contribution >= 0.6 is 67.4 Å². The van der Waals surface area contributed by atoms with E-state index in [0.29, 0.717) is 26.5 Å². The summed E-state index contributed by atoms with van der Waals surface area (Å²) >= 11 is 19.6. The van der Waals surface area contributed by atoms with Gasteiger partial charge in [0, 0.05) is 4.47 Å². The van der Waals surface area contributed by atoms with Crippen molar-refractivity contribution < 1.29 is 9.53 Å². The fourth-order valence-electron chi connectivity index (χ4n) is 2.35. The quantitative estimate of drug-likeness (QED) is 0.324. The van der Waals surface area contributed by atoms with Crippen LogP contribution in [0.4, 0.5) is 5.69 Å². The molecule has 1 aliphatic rings. The molecule has 1 fully saturated rings. The molecule has 2 aromatic rings. The van der Waals surface area contributed by atoms with Crippen molar-refractivity contribution in [1.29, 1.82) is 0 Å². The Kier molecular flexibility index (Phi) is 6.45. The molecule has 0 radical (unpaired) electrons. The van der Waals surface area contributed by atoms with Crippen LogP contribution in [-0.4, -0.2) is 16.8 Å². The van der Waals surface area contributed by atoms with E-state index in [2.05, 4.69) is 31.9 Å². The maximum absolute atomic E-state index is 12.8. The van der Waals surface area contributed by atoms with Crippen LogP contribution in [-0.2, 0) is 4.79 Å². The van der Waals surface area contributed by atoms with Gasteiger partial charge in [-0.15, -0.1) is 0 Å². The van der Waals surface area contributed by atoms with Crippen LogP contribution < -0.4 is 9.64 Å². The molecule has 1 aliphatic heterocycles. The van der Waals surface area contributed by atoms with Crippen molar-refractivity contribution in [2.24, 2.45) is 0 Å². The lowest BCUT2D eigenvalue weighted by atomic mass is 10.2. The van der Waals surface area contributed by atoms with E-state index in [1.807, 2.05) is 31.2 Å². The Labute approximate surface area is 183 Å².